The van der Waals surface area contributed by atoms with Gasteiger partial charge in [0.05, 0.1) is 11.3 Å². The second kappa shape index (κ2) is 7.11. The number of benzene rings is 1. The summed E-state index contributed by atoms with van der Waals surface area (Å²) in [6.45, 7) is 0. The summed E-state index contributed by atoms with van der Waals surface area (Å²) >= 11 is 0. The van der Waals surface area contributed by atoms with Crippen molar-refractivity contribution >= 4 is 23.3 Å². The molecule has 1 aromatic rings. The Bertz CT molecular complexity index is 520. The standard InChI is InChI=1S/C16H22N2O3/c17-12-7-8-14(13(10-12)16(20)21)18-15(19)9-11-5-3-1-2-4-6-11/h7-8,10-11H,1-6,9,17H2,(H,18,19)(H,20,21). The number of nitrogens with two attached hydrogens (primary N) is 1. The molecule has 0 saturated heterocycles. The van der Waals surface area contributed by atoms with Crippen LogP contribution in [0.4, 0.5) is 11.4 Å². The minimum absolute atomic E-state index is 0.0317. The van der Waals surface area contributed by atoms with E-state index >= 15 is 0 Å². The molecule has 1 aromatic carbocycles. The summed E-state index contributed by atoms with van der Waals surface area (Å²) in [5.74, 6) is -0.796. The highest BCUT2D eigenvalue weighted by molar-refractivity contribution is 6.01. The molecule has 0 radical (unpaired) electrons. The Morgan fingerprint density at radius 3 is 2.48 bits per heavy atom. The smallest absolute Gasteiger partial charge is 0.337 e. The van der Waals surface area contributed by atoms with Crippen LogP contribution in [0.2, 0.25) is 0 Å². The van der Waals surface area contributed by atoms with Gasteiger partial charge in [-0.3, -0.25) is 4.79 Å². The van der Waals surface area contributed by atoms with E-state index in [4.69, 9.17) is 10.8 Å². The zero-order chi connectivity index (χ0) is 15.2. The van der Waals surface area contributed by atoms with Crippen molar-refractivity contribution in [1.82, 2.24) is 0 Å². The molecule has 114 valence electrons. The third kappa shape index (κ3) is 4.48. The molecule has 1 aliphatic carbocycles. The van der Waals surface area contributed by atoms with Crippen LogP contribution in [0.3, 0.4) is 0 Å². The Kier molecular flexibility index (Phi) is 5.20. The van der Waals surface area contributed by atoms with E-state index in [2.05, 4.69) is 5.32 Å². The van der Waals surface area contributed by atoms with Crippen molar-refractivity contribution in [2.24, 2.45) is 5.92 Å². The largest absolute Gasteiger partial charge is 0.478 e. The molecule has 1 fully saturated rings. The Hall–Kier alpha value is -2.04. The minimum atomic E-state index is -1.09. The summed E-state index contributed by atoms with van der Waals surface area (Å²) in [7, 11) is 0. The molecule has 5 heteroatoms. The van der Waals surface area contributed by atoms with Gasteiger partial charge in [0.1, 0.15) is 0 Å². The van der Waals surface area contributed by atoms with Gasteiger partial charge in [-0.15, -0.1) is 0 Å². The number of carboxylic acid groups (broad SMARTS) is 1. The Morgan fingerprint density at radius 2 is 1.86 bits per heavy atom. The number of carbonyl (C=O) groups excluding carboxylic acids is 1. The van der Waals surface area contributed by atoms with Crippen LogP contribution < -0.4 is 11.1 Å². The molecule has 21 heavy (non-hydrogen) atoms. The highest BCUT2D eigenvalue weighted by atomic mass is 16.4. The quantitative estimate of drug-likeness (QED) is 0.586. The van der Waals surface area contributed by atoms with E-state index in [0.717, 1.165) is 12.8 Å². The van der Waals surface area contributed by atoms with Gasteiger partial charge in [0, 0.05) is 12.1 Å². The Balaban J connectivity index is 2.00. The van der Waals surface area contributed by atoms with Crippen molar-refractivity contribution in [3.05, 3.63) is 23.8 Å². The van der Waals surface area contributed by atoms with E-state index in [0.29, 0.717) is 23.7 Å². The van der Waals surface area contributed by atoms with E-state index in [1.165, 1.54) is 31.7 Å². The number of aromatic carboxylic acids is 1. The molecule has 0 spiro atoms. The maximum absolute atomic E-state index is 12.1. The molecular weight excluding hydrogens is 268 g/mol. The molecule has 0 atom stereocenters. The van der Waals surface area contributed by atoms with Crippen LogP contribution in [0.25, 0.3) is 0 Å². The maximum atomic E-state index is 12.1. The third-order valence-corrected chi connectivity index (χ3v) is 4.00. The fraction of sp³-hybridized carbons (Fsp3) is 0.500. The van der Waals surface area contributed by atoms with Crippen LogP contribution in [-0.4, -0.2) is 17.0 Å². The van der Waals surface area contributed by atoms with Gasteiger partial charge in [-0.05, 0) is 37.0 Å². The number of nitrogen functional groups attached to an aromatic ring is 1. The van der Waals surface area contributed by atoms with Crippen LogP contribution in [0.15, 0.2) is 18.2 Å². The molecule has 1 aliphatic rings. The number of anilines is 2. The fourth-order valence-electron chi connectivity index (χ4n) is 2.88. The van der Waals surface area contributed by atoms with Gasteiger partial charge < -0.3 is 16.2 Å². The van der Waals surface area contributed by atoms with Crippen molar-refractivity contribution in [2.75, 3.05) is 11.1 Å². The monoisotopic (exact) mass is 290 g/mol. The molecule has 4 N–H and O–H groups in total. The summed E-state index contributed by atoms with van der Waals surface area (Å²) in [6, 6.07) is 4.50. The lowest BCUT2D eigenvalue weighted by molar-refractivity contribution is -0.117. The average Bonchev–Trinajstić information content (AvgIpc) is 2.69. The van der Waals surface area contributed by atoms with E-state index in [9.17, 15) is 9.59 Å². The van der Waals surface area contributed by atoms with Gasteiger partial charge in [0.25, 0.3) is 0 Å². The van der Waals surface area contributed by atoms with Crippen LogP contribution >= 0.6 is 0 Å². The van der Waals surface area contributed by atoms with Crippen LogP contribution in [0.1, 0.15) is 55.3 Å². The van der Waals surface area contributed by atoms with E-state index in [1.807, 2.05) is 0 Å². The molecule has 1 saturated carbocycles. The molecule has 1 amide bonds. The first-order valence-electron chi connectivity index (χ1n) is 7.49. The van der Waals surface area contributed by atoms with Gasteiger partial charge >= 0.3 is 5.97 Å². The predicted molar refractivity (Wildman–Crippen MR) is 82.3 cm³/mol. The minimum Gasteiger partial charge on any atom is -0.478 e. The zero-order valence-electron chi connectivity index (χ0n) is 12.1. The highest BCUT2D eigenvalue weighted by Crippen LogP contribution is 2.26. The average molecular weight is 290 g/mol. The van der Waals surface area contributed by atoms with Crippen molar-refractivity contribution in [3.8, 4) is 0 Å². The number of hydrogen-bond acceptors (Lipinski definition) is 3. The summed E-state index contributed by atoms with van der Waals surface area (Å²) in [4.78, 5) is 23.3. The second-order valence-electron chi connectivity index (χ2n) is 5.72. The van der Waals surface area contributed by atoms with E-state index in [1.54, 1.807) is 12.1 Å². The van der Waals surface area contributed by atoms with Gasteiger partial charge in [0.15, 0.2) is 0 Å². The molecule has 0 unspecified atom stereocenters. The molecule has 0 aliphatic heterocycles. The SMILES string of the molecule is Nc1ccc(NC(=O)CC2CCCCCC2)c(C(=O)O)c1. The first kappa shape index (κ1) is 15.4. The van der Waals surface area contributed by atoms with Gasteiger partial charge in [-0.1, -0.05) is 25.7 Å². The molecular formula is C16H22N2O3. The Labute approximate surface area is 124 Å². The fourth-order valence-corrected chi connectivity index (χ4v) is 2.88. The normalized spacial score (nSPS) is 16.2. The third-order valence-electron chi connectivity index (χ3n) is 4.00. The highest BCUT2D eigenvalue weighted by Gasteiger charge is 2.18. The second-order valence-corrected chi connectivity index (χ2v) is 5.72. The van der Waals surface area contributed by atoms with Crippen molar-refractivity contribution in [3.63, 3.8) is 0 Å². The number of nitrogens with one attached hydrogen (secondary N) is 1. The first-order valence-corrected chi connectivity index (χ1v) is 7.49. The molecule has 0 heterocycles. The van der Waals surface area contributed by atoms with Gasteiger partial charge in [-0.2, -0.15) is 0 Å². The van der Waals surface area contributed by atoms with E-state index in [-0.39, 0.29) is 11.5 Å². The van der Waals surface area contributed by atoms with E-state index < -0.39 is 5.97 Å². The summed E-state index contributed by atoms with van der Waals surface area (Å²) < 4.78 is 0. The number of hydrogen-bond donors (Lipinski definition) is 3. The molecule has 0 aromatic heterocycles. The van der Waals surface area contributed by atoms with Crippen molar-refractivity contribution < 1.29 is 14.7 Å². The molecule has 2 rings (SSSR count). The van der Waals surface area contributed by atoms with Crippen LogP contribution in [-0.2, 0) is 4.79 Å². The summed E-state index contributed by atoms with van der Waals surface area (Å²) in [6.07, 6.45) is 7.49. The predicted octanol–water partition coefficient (Wildman–Crippen LogP) is 3.27. The number of amides is 1. The van der Waals surface area contributed by atoms with Crippen molar-refractivity contribution in [1.29, 1.82) is 0 Å². The number of carbonyl (C=O) groups is 2. The zero-order valence-corrected chi connectivity index (χ0v) is 12.1. The van der Waals surface area contributed by atoms with Crippen LogP contribution in [0, 0.1) is 5.92 Å². The molecule has 5 nitrogen and oxygen atoms in total. The lowest BCUT2D eigenvalue weighted by Crippen LogP contribution is -2.18. The number of carboxylic acids is 1. The van der Waals surface area contributed by atoms with Gasteiger partial charge in [-0.25, -0.2) is 4.79 Å². The first-order chi connectivity index (χ1) is 10.1. The Morgan fingerprint density at radius 1 is 1.19 bits per heavy atom. The summed E-state index contributed by atoms with van der Waals surface area (Å²) in [5, 5.41) is 11.9. The summed E-state index contributed by atoms with van der Waals surface area (Å²) in [5.41, 5.74) is 6.30. The molecule has 0 bridgehead atoms. The van der Waals surface area contributed by atoms with Crippen LogP contribution in [0.5, 0.6) is 0 Å². The lowest BCUT2D eigenvalue weighted by atomic mass is 9.96. The lowest BCUT2D eigenvalue weighted by Gasteiger charge is -2.14. The topological polar surface area (TPSA) is 92.4 Å². The van der Waals surface area contributed by atoms with Crippen molar-refractivity contribution in [2.45, 2.75) is 44.9 Å². The maximum Gasteiger partial charge on any atom is 0.337 e. The number of rotatable bonds is 4. The van der Waals surface area contributed by atoms with Gasteiger partial charge in [0.2, 0.25) is 5.91 Å².